The minimum absolute atomic E-state index is 0.0615. The van der Waals surface area contributed by atoms with E-state index in [0.717, 1.165) is 24.5 Å². The minimum atomic E-state index is -0.623. The molecule has 1 fully saturated rings. The fraction of sp³-hybridized carbons (Fsp3) is 0.440. The van der Waals surface area contributed by atoms with Gasteiger partial charge in [0.05, 0.1) is 21.3 Å². The van der Waals surface area contributed by atoms with Crippen LogP contribution in [0.1, 0.15) is 24.2 Å². The molecule has 1 atom stereocenters. The highest BCUT2D eigenvalue weighted by Crippen LogP contribution is 2.23. The third kappa shape index (κ3) is 5.88. The summed E-state index contributed by atoms with van der Waals surface area (Å²) < 4.78 is 15.7. The normalized spacial score (nSPS) is 14.6. The number of methoxy groups -OCH3 is 3. The molecule has 0 spiro atoms. The van der Waals surface area contributed by atoms with Gasteiger partial charge in [-0.25, -0.2) is 0 Å². The third-order valence-corrected chi connectivity index (χ3v) is 5.86. The van der Waals surface area contributed by atoms with Gasteiger partial charge < -0.3 is 29.3 Å². The number of hydrogen-bond donors (Lipinski definition) is 1. The Bertz CT molecular complexity index is 931. The molecular weight excluding hydrogens is 422 g/mol. The Morgan fingerprint density at radius 3 is 1.85 bits per heavy atom. The lowest BCUT2D eigenvalue weighted by Crippen LogP contribution is -2.56. The lowest BCUT2D eigenvalue weighted by molar-refractivity contribution is -0.134. The Balaban J connectivity index is 1.65. The number of carbonyl (C=O) groups excluding carboxylic acids is 2. The molecule has 1 aliphatic heterocycles. The number of carbonyl (C=O) groups is 2. The maximum atomic E-state index is 13.3. The molecule has 0 aromatic heterocycles. The lowest BCUT2D eigenvalue weighted by Gasteiger charge is -2.38. The summed E-state index contributed by atoms with van der Waals surface area (Å²) in [4.78, 5) is 30.3. The van der Waals surface area contributed by atoms with Crippen LogP contribution in [0.5, 0.6) is 17.2 Å². The summed E-state index contributed by atoms with van der Waals surface area (Å²) in [6.07, 6.45) is 0. The SMILES string of the molecule is COc1ccc(N2CCN(C(=O)[C@H](NC(=O)c3cc(OC)cc(OC)c3)C(C)C)CC2)cc1. The number of anilines is 1. The lowest BCUT2D eigenvalue weighted by atomic mass is 10.0. The summed E-state index contributed by atoms with van der Waals surface area (Å²) in [5.41, 5.74) is 1.48. The van der Waals surface area contributed by atoms with Gasteiger partial charge in [0.15, 0.2) is 0 Å². The van der Waals surface area contributed by atoms with Crippen LogP contribution in [-0.4, -0.2) is 70.3 Å². The van der Waals surface area contributed by atoms with E-state index in [1.165, 1.54) is 14.2 Å². The van der Waals surface area contributed by atoms with Crippen molar-refractivity contribution < 1.29 is 23.8 Å². The third-order valence-electron chi connectivity index (χ3n) is 5.86. The molecule has 1 heterocycles. The Labute approximate surface area is 195 Å². The van der Waals surface area contributed by atoms with Crippen LogP contribution in [0.15, 0.2) is 42.5 Å². The molecule has 1 saturated heterocycles. The van der Waals surface area contributed by atoms with Gasteiger partial charge in [-0.3, -0.25) is 9.59 Å². The average molecular weight is 456 g/mol. The molecule has 8 heteroatoms. The summed E-state index contributed by atoms with van der Waals surface area (Å²) in [6, 6.07) is 12.3. The highest BCUT2D eigenvalue weighted by Gasteiger charge is 2.31. The van der Waals surface area contributed by atoms with E-state index in [-0.39, 0.29) is 17.7 Å². The summed E-state index contributed by atoms with van der Waals surface area (Å²) in [5, 5.41) is 2.92. The van der Waals surface area contributed by atoms with Crippen LogP contribution in [0.4, 0.5) is 5.69 Å². The molecule has 0 aliphatic carbocycles. The quantitative estimate of drug-likeness (QED) is 0.659. The van der Waals surface area contributed by atoms with E-state index in [9.17, 15) is 9.59 Å². The number of nitrogens with zero attached hydrogens (tertiary/aromatic N) is 2. The van der Waals surface area contributed by atoms with Crippen LogP contribution in [0, 0.1) is 5.92 Å². The van der Waals surface area contributed by atoms with Gasteiger partial charge in [-0.05, 0) is 42.3 Å². The molecule has 178 valence electrons. The molecule has 8 nitrogen and oxygen atoms in total. The van der Waals surface area contributed by atoms with Crippen LogP contribution in [0.25, 0.3) is 0 Å². The van der Waals surface area contributed by atoms with Gasteiger partial charge in [0.25, 0.3) is 5.91 Å². The smallest absolute Gasteiger partial charge is 0.252 e. The van der Waals surface area contributed by atoms with Gasteiger partial charge in [-0.1, -0.05) is 13.8 Å². The van der Waals surface area contributed by atoms with Gasteiger partial charge in [0.2, 0.25) is 5.91 Å². The predicted molar refractivity (Wildman–Crippen MR) is 127 cm³/mol. The molecule has 3 rings (SSSR count). The molecule has 2 aromatic rings. The Hall–Kier alpha value is -3.42. The van der Waals surface area contributed by atoms with Crippen molar-refractivity contribution in [1.82, 2.24) is 10.2 Å². The zero-order valence-corrected chi connectivity index (χ0v) is 20.0. The highest BCUT2D eigenvalue weighted by atomic mass is 16.5. The van der Waals surface area contributed by atoms with Gasteiger partial charge in [0, 0.05) is 43.5 Å². The first-order valence-corrected chi connectivity index (χ1v) is 11.1. The van der Waals surface area contributed by atoms with Crippen molar-refractivity contribution >= 4 is 17.5 Å². The van der Waals surface area contributed by atoms with Gasteiger partial charge in [0.1, 0.15) is 23.3 Å². The van der Waals surface area contributed by atoms with Crippen LogP contribution >= 0.6 is 0 Å². The van der Waals surface area contributed by atoms with Crippen molar-refractivity contribution in [3.05, 3.63) is 48.0 Å². The topological polar surface area (TPSA) is 80.3 Å². The van der Waals surface area contributed by atoms with E-state index >= 15 is 0 Å². The minimum Gasteiger partial charge on any atom is -0.497 e. The van der Waals surface area contributed by atoms with E-state index in [1.807, 2.05) is 43.0 Å². The predicted octanol–water partition coefficient (Wildman–Crippen LogP) is 2.82. The first kappa shape index (κ1) is 24.2. The van der Waals surface area contributed by atoms with E-state index < -0.39 is 6.04 Å². The largest absolute Gasteiger partial charge is 0.497 e. The monoisotopic (exact) mass is 455 g/mol. The summed E-state index contributed by atoms with van der Waals surface area (Å²) in [6.45, 7) is 6.51. The fourth-order valence-electron chi connectivity index (χ4n) is 3.85. The first-order chi connectivity index (χ1) is 15.9. The van der Waals surface area contributed by atoms with Crippen molar-refractivity contribution in [2.24, 2.45) is 5.92 Å². The number of piperazine rings is 1. The zero-order valence-electron chi connectivity index (χ0n) is 20.0. The summed E-state index contributed by atoms with van der Waals surface area (Å²) in [5.74, 6) is 1.38. The van der Waals surface area contributed by atoms with E-state index in [4.69, 9.17) is 14.2 Å². The summed E-state index contributed by atoms with van der Waals surface area (Å²) in [7, 11) is 4.71. The number of ether oxygens (including phenoxy) is 3. The van der Waals surface area contributed by atoms with Gasteiger partial charge in [-0.15, -0.1) is 0 Å². The molecule has 0 bridgehead atoms. The zero-order chi connectivity index (χ0) is 24.0. The van der Waals surface area contributed by atoms with Crippen LogP contribution in [-0.2, 0) is 4.79 Å². The maximum Gasteiger partial charge on any atom is 0.252 e. The highest BCUT2D eigenvalue weighted by molar-refractivity contribution is 5.98. The molecule has 2 amide bonds. The second kappa shape index (κ2) is 10.9. The average Bonchev–Trinajstić information content (AvgIpc) is 2.86. The van der Waals surface area contributed by atoms with Crippen molar-refractivity contribution in [2.45, 2.75) is 19.9 Å². The Morgan fingerprint density at radius 1 is 0.818 bits per heavy atom. The molecule has 1 N–H and O–H groups in total. The number of rotatable bonds is 8. The number of benzene rings is 2. The molecule has 0 unspecified atom stereocenters. The molecule has 0 radical (unpaired) electrons. The second-order valence-corrected chi connectivity index (χ2v) is 8.31. The van der Waals surface area contributed by atoms with E-state index in [1.54, 1.807) is 25.3 Å². The van der Waals surface area contributed by atoms with Crippen LogP contribution in [0.3, 0.4) is 0 Å². The van der Waals surface area contributed by atoms with Crippen molar-refractivity contribution in [1.29, 1.82) is 0 Å². The maximum absolute atomic E-state index is 13.3. The second-order valence-electron chi connectivity index (χ2n) is 8.31. The van der Waals surface area contributed by atoms with Crippen molar-refractivity contribution in [3.63, 3.8) is 0 Å². The van der Waals surface area contributed by atoms with E-state index in [0.29, 0.717) is 30.2 Å². The first-order valence-electron chi connectivity index (χ1n) is 11.1. The van der Waals surface area contributed by atoms with Crippen LogP contribution in [0.2, 0.25) is 0 Å². The van der Waals surface area contributed by atoms with Crippen molar-refractivity contribution in [3.8, 4) is 17.2 Å². The van der Waals surface area contributed by atoms with Gasteiger partial charge >= 0.3 is 0 Å². The standard InChI is InChI=1S/C25H33N3O5/c1-17(2)23(26-24(29)18-14-21(32-4)16-22(15-18)33-5)25(30)28-12-10-27(11-13-28)19-6-8-20(31-3)9-7-19/h6-9,14-17,23H,10-13H2,1-5H3,(H,26,29)/t23-/m1/s1. The molecule has 2 aromatic carbocycles. The Kier molecular flexibility index (Phi) is 8.03. The van der Waals surface area contributed by atoms with Crippen LogP contribution < -0.4 is 24.4 Å². The fourth-order valence-corrected chi connectivity index (χ4v) is 3.85. The molecule has 1 aliphatic rings. The Morgan fingerprint density at radius 2 is 1.36 bits per heavy atom. The molecule has 0 saturated carbocycles. The molecule has 33 heavy (non-hydrogen) atoms. The number of amides is 2. The molecular formula is C25H33N3O5. The van der Waals surface area contributed by atoms with Gasteiger partial charge in [-0.2, -0.15) is 0 Å². The van der Waals surface area contributed by atoms with E-state index in [2.05, 4.69) is 10.2 Å². The van der Waals surface area contributed by atoms with Crippen molar-refractivity contribution in [2.75, 3.05) is 52.4 Å². The summed E-state index contributed by atoms with van der Waals surface area (Å²) >= 11 is 0. The number of nitrogens with one attached hydrogen (secondary N) is 1. The number of hydrogen-bond acceptors (Lipinski definition) is 6.